The second kappa shape index (κ2) is 9.98. The largest absolute Gasteiger partial charge is 0.390 e. The van der Waals surface area contributed by atoms with Gasteiger partial charge < -0.3 is 19.7 Å². The highest BCUT2D eigenvalue weighted by atomic mass is 19.1. The molecular formula is C36H38F2O6. The molecule has 4 fully saturated rings. The number of Topliss-reactive ketones (excluding diaryl/α,β-unsaturated/α-hetero) is 1. The van der Waals surface area contributed by atoms with Gasteiger partial charge in [0, 0.05) is 22.3 Å². The molecule has 10 atom stereocenters. The van der Waals surface area contributed by atoms with Crippen LogP contribution in [0.15, 0.2) is 72.3 Å². The minimum absolute atomic E-state index is 0.0455. The van der Waals surface area contributed by atoms with E-state index in [-0.39, 0.29) is 24.8 Å². The Morgan fingerprint density at radius 1 is 1.07 bits per heavy atom. The number of carbonyl (C=O) groups excluding carboxylic acids is 2. The van der Waals surface area contributed by atoms with Gasteiger partial charge in [0.15, 0.2) is 29.1 Å². The Morgan fingerprint density at radius 3 is 2.52 bits per heavy atom. The van der Waals surface area contributed by atoms with Crippen LogP contribution in [0.3, 0.4) is 0 Å². The molecule has 1 aliphatic heterocycles. The number of fused-ring (bicyclic) bond motifs is 7. The summed E-state index contributed by atoms with van der Waals surface area (Å²) in [6.07, 6.45) is -0.544. The molecule has 0 amide bonds. The summed E-state index contributed by atoms with van der Waals surface area (Å²) in [7, 11) is 0. The maximum Gasteiger partial charge on any atom is 0.193 e. The lowest BCUT2D eigenvalue weighted by Crippen LogP contribution is -2.70. The first-order valence-corrected chi connectivity index (χ1v) is 15.5. The molecule has 44 heavy (non-hydrogen) atoms. The topological polar surface area (TPSA) is 93.1 Å². The van der Waals surface area contributed by atoms with Crippen LogP contribution in [0, 0.1) is 29.6 Å². The number of rotatable bonds is 5. The van der Waals surface area contributed by atoms with Crippen molar-refractivity contribution in [1.82, 2.24) is 0 Å². The molecule has 8 heteroatoms. The lowest BCUT2D eigenvalue weighted by atomic mass is 9.44. The predicted octanol–water partition coefficient (Wildman–Crippen LogP) is 5.23. The number of halogens is 2. The Kier molecular flexibility index (Phi) is 6.73. The SMILES string of the molecule is Cc1cccc(Cc2ccc([C@H]3O[C@@H]4C[C@H]5[C@@H]6C[C@H](F)C7=CC(=O)C=C[C@]7(C)[C@@]6(F)[C@@H](O)C[C@]5(C)[C@]4(C(=O)CO)O3)cc2)c1. The van der Waals surface area contributed by atoms with E-state index in [1.807, 2.05) is 30.3 Å². The van der Waals surface area contributed by atoms with E-state index in [2.05, 4.69) is 25.1 Å². The van der Waals surface area contributed by atoms with Gasteiger partial charge in [-0.1, -0.05) is 67.1 Å². The molecular weight excluding hydrogens is 566 g/mol. The highest BCUT2D eigenvalue weighted by Gasteiger charge is 2.80. The maximum absolute atomic E-state index is 17.5. The molecule has 4 aliphatic carbocycles. The van der Waals surface area contributed by atoms with E-state index in [9.17, 15) is 19.8 Å². The van der Waals surface area contributed by atoms with Gasteiger partial charge in [0.2, 0.25) is 0 Å². The van der Waals surface area contributed by atoms with Crippen LogP contribution in [0.4, 0.5) is 8.78 Å². The molecule has 0 spiro atoms. The van der Waals surface area contributed by atoms with Gasteiger partial charge in [-0.3, -0.25) is 9.59 Å². The second-order valence-electron chi connectivity index (χ2n) is 13.9. The zero-order valence-electron chi connectivity index (χ0n) is 25.1. The molecule has 1 heterocycles. The molecule has 5 aliphatic rings. The number of hydrogen-bond donors (Lipinski definition) is 2. The molecule has 0 unspecified atom stereocenters. The highest BCUT2D eigenvalue weighted by molar-refractivity contribution is 6.01. The van der Waals surface area contributed by atoms with E-state index in [0.29, 0.717) is 5.56 Å². The third-order valence-electron chi connectivity index (χ3n) is 11.7. The number of aryl methyl sites for hydroxylation is 1. The lowest BCUT2D eigenvalue weighted by molar-refractivity contribution is -0.235. The number of aliphatic hydroxyl groups is 2. The van der Waals surface area contributed by atoms with Crippen LogP contribution in [0.2, 0.25) is 0 Å². The van der Waals surface area contributed by atoms with Crippen molar-refractivity contribution in [3.63, 3.8) is 0 Å². The molecule has 1 saturated heterocycles. The maximum atomic E-state index is 17.5. The van der Waals surface area contributed by atoms with Crippen LogP contribution < -0.4 is 0 Å². The summed E-state index contributed by atoms with van der Waals surface area (Å²) in [6.45, 7) is 4.57. The zero-order valence-corrected chi connectivity index (χ0v) is 25.1. The summed E-state index contributed by atoms with van der Waals surface area (Å²) in [5, 5.41) is 21.8. The second-order valence-corrected chi connectivity index (χ2v) is 13.9. The quantitative estimate of drug-likeness (QED) is 0.486. The monoisotopic (exact) mass is 604 g/mol. The molecule has 0 bridgehead atoms. The van der Waals surface area contributed by atoms with Crippen molar-refractivity contribution in [3.8, 4) is 0 Å². The van der Waals surface area contributed by atoms with Crippen molar-refractivity contribution in [3.05, 3.63) is 94.6 Å². The summed E-state index contributed by atoms with van der Waals surface area (Å²) < 4.78 is 46.3. The van der Waals surface area contributed by atoms with Crippen molar-refractivity contribution in [2.75, 3.05) is 6.61 Å². The summed E-state index contributed by atoms with van der Waals surface area (Å²) in [5.74, 6) is -2.56. The third kappa shape index (κ3) is 3.84. The van der Waals surface area contributed by atoms with Crippen LogP contribution in [0.25, 0.3) is 0 Å². The number of ether oxygens (including phenoxy) is 2. The summed E-state index contributed by atoms with van der Waals surface area (Å²) in [6, 6.07) is 16.1. The van der Waals surface area contributed by atoms with Crippen molar-refractivity contribution in [2.45, 2.75) is 82.4 Å². The molecule has 3 saturated carbocycles. The fourth-order valence-electron chi connectivity index (χ4n) is 9.57. The third-order valence-corrected chi connectivity index (χ3v) is 11.7. The molecule has 2 aromatic carbocycles. The van der Waals surface area contributed by atoms with Gasteiger partial charge in [-0.15, -0.1) is 0 Å². The van der Waals surface area contributed by atoms with Gasteiger partial charge in [0.25, 0.3) is 0 Å². The molecule has 7 rings (SSSR count). The molecule has 2 N–H and O–H groups in total. The van der Waals surface area contributed by atoms with Gasteiger partial charge in [-0.25, -0.2) is 8.78 Å². The Bertz CT molecular complexity index is 1590. The first kappa shape index (κ1) is 29.7. The number of ketones is 2. The van der Waals surface area contributed by atoms with Crippen LogP contribution in [0.5, 0.6) is 0 Å². The summed E-state index contributed by atoms with van der Waals surface area (Å²) in [4.78, 5) is 25.8. The molecule has 2 aromatic rings. The summed E-state index contributed by atoms with van der Waals surface area (Å²) >= 11 is 0. The van der Waals surface area contributed by atoms with E-state index >= 15 is 8.78 Å². The van der Waals surface area contributed by atoms with Crippen LogP contribution in [0.1, 0.15) is 61.7 Å². The number of benzene rings is 2. The first-order valence-electron chi connectivity index (χ1n) is 15.5. The van der Waals surface area contributed by atoms with Gasteiger partial charge in [0.05, 0.1) is 12.2 Å². The average molecular weight is 605 g/mol. The van der Waals surface area contributed by atoms with Crippen LogP contribution in [-0.4, -0.2) is 58.0 Å². The van der Waals surface area contributed by atoms with E-state index in [4.69, 9.17) is 9.47 Å². The molecule has 232 valence electrons. The lowest BCUT2D eigenvalue weighted by Gasteiger charge is -2.63. The number of carbonyl (C=O) groups is 2. The highest BCUT2D eigenvalue weighted by Crippen LogP contribution is 2.72. The van der Waals surface area contributed by atoms with Crippen LogP contribution >= 0.6 is 0 Å². The minimum atomic E-state index is -2.28. The number of alkyl halides is 2. The fourth-order valence-corrected chi connectivity index (χ4v) is 9.57. The predicted molar refractivity (Wildman–Crippen MR) is 158 cm³/mol. The van der Waals surface area contributed by atoms with Crippen molar-refractivity contribution >= 4 is 11.6 Å². The molecule has 0 aromatic heterocycles. The van der Waals surface area contributed by atoms with Crippen molar-refractivity contribution in [1.29, 1.82) is 0 Å². The number of allylic oxidation sites excluding steroid dienone is 4. The van der Waals surface area contributed by atoms with Gasteiger partial charge in [-0.05, 0) is 74.3 Å². The van der Waals surface area contributed by atoms with E-state index in [0.717, 1.165) is 18.1 Å². The molecule has 6 nitrogen and oxygen atoms in total. The number of aliphatic hydroxyl groups excluding tert-OH is 2. The Hall–Kier alpha value is -3.04. The van der Waals surface area contributed by atoms with Crippen molar-refractivity contribution < 1.29 is 38.1 Å². The van der Waals surface area contributed by atoms with E-state index in [1.165, 1.54) is 23.3 Å². The summed E-state index contributed by atoms with van der Waals surface area (Å²) in [5.41, 5.74) is -2.39. The van der Waals surface area contributed by atoms with Crippen LogP contribution in [-0.2, 0) is 25.5 Å². The van der Waals surface area contributed by atoms with E-state index in [1.54, 1.807) is 13.8 Å². The fraction of sp³-hybridized carbons (Fsp3) is 0.500. The molecule has 0 radical (unpaired) electrons. The Balaban J connectivity index is 1.21. The van der Waals surface area contributed by atoms with Gasteiger partial charge >= 0.3 is 0 Å². The van der Waals surface area contributed by atoms with Gasteiger partial charge in [-0.2, -0.15) is 0 Å². The van der Waals surface area contributed by atoms with E-state index < -0.39 is 76.8 Å². The smallest absolute Gasteiger partial charge is 0.193 e. The average Bonchev–Trinajstić information content (AvgIpc) is 3.49. The number of hydrogen-bond acceptors (Lipinski definition) is 6. The van der Waals surface area contributed by atoms with Gasteiger partial charge in [0.1, 0.15) is 12.8 Å². The minimum Gasteiger partial charge on any atom is -0.390 e. The first-order chi connectivity index (χ1) is 20.9. The Morgan fingerprint density at radius 2 is 1.82 bits per heavy atom. The zero-order chi connectivity index (χ0) is 31.2. The standard InChI is InChI=1S/C36H38F2O6/c1-20-5-4-6-22(13-20)14-21-7-9-23(10-8-21)32-43-31-17-25-26-16-28(37)27-15-24(40)11-12-33(27,2)35(26,38)29(41)18-34(25,3)36(31,44-32)30(42)19-39/h4-13,15,25-26,28-29,31-32,39,41H,14,16-19H2,1-3H3/t25-,26-,28-,29-,31+,32-,33-,34-,35-,36+/m0/s1. The van der Waals surface area contributed by atoms with Crippen molar-refractivity contribution in [2.24, 2.45) is 22.7 Å². The Labute approximate surface area is 255 Å². The normalized spacial score (nSPS) is 42.2.